The molecule has 2 N–H and O–H groups in total. The van der Waals surface area contributed by atoms with Crippen LogP contribution in [0, 0.1) is 0 Å². The molecule has 0 saturated heterocycles. The van der Waals surface area contributed by atoms with Crippen LogP contribution >= 0.6 is 0 Å². The van der Waals surface area contributed by atoms with Crippen LogP contribution in [0.1, 0.15) is 32.3 Å². The Morgan fingerprint density at radius 3 is 2.37 bits per heavy atom. The van der Waals surface area contributed by atoms with E-state index < -0.39 is 15.4 Å². The van der Waals surface area contributed by atoms with Gasteiger partial charge in [-0.2, -0.15) is 0 Å². The highest BCUT2D eigenvalue weighted by Crippen LogP contribution is 2.31. The molecule has 1 aliphatic rings. The van der Waals surface area contributed by atoms with E-state index in [4.69, 9.17) is 4.74 Å². The summed E-state index contributed by atoms with van der Waals surface area (Å²) in [5.41, 5.74) is 0.388. The highest BCUT2D eigenvalue weighted by Gasteiger charge is 2.31. The van der Waals surface area contributed by atoms with Gasteiger partial charge in [0.25, 0.3) is 0 Å². The fourth-order valence-electron chi connectivity index (χ4n) is 2.71. The van der Waals surface area contributed by atoms with Crippen LogP contribution in [0.2, 0.25) is 0 Å². The number of hydrogen-bond donors (Lipinski definition) is 2. The van der Waals surface area contributed by atoms with Gasteiger partial charge in [-0.1, -0.05) is 30.3 Å². The summed E-state index contributed by atoms with van der Waals surface area (Å²) in [6.45, 7) is 3.64. The molecule has 1 aliphatic carbocycles. The van der Waals surface area contributed by atoms with Crippen LogP contribution in [0.3, 0.4) is 0 Å². The quantitative estimate of drug-likeness (QED) is 0.763. The summed E-state index contributed by atoms with van der Waals surface area (Å²) in [5, 5.41) is 2.83. The SMILES string of the molecule is COc1ccc(S(=O)(=O)NC2CC2)cc1NC(=O)C(C)(C)c1ccccc1. The lowest BCUT2D eigenvalue weighted by atomic mass is 9.83. The van der Waals surface area contributed by atoms with Gasteiger partial charge in [-0.15, -0.1) is 0 Å². The van der Waals surface area contributed by atoms with Crippen LogP contribution in [0.15, 0.2) is 53.4 Å². The minimum absolute atomic E-state index is 0.00663. The van der Waals surface area contributed by atoms with E-state index in [2.05, 4.69) is 10.0 Å². The van der Waals surface area contributed by atoms with E-state index in [0.717, 1.165) is 18.4 Å². The summed E-state index contributed by atoms with van der Waals surface area (Å²) >= 11 is 0. The van der Waals surface area contributed by atoms with E-state index in [1.165, 1.54) is 19.2 Å². The number of sulfonamides is 1. The first kappa shape index (κ1) is 19.4. The van der Waals surface area contributed by atoms with Gasteiger partial charge in [0.05, 0.1) is 23.1 Å². The number of nitrogens with one attached hydrogen (secondary N) is 2. The molecule has 1 saturated carbocycles. The molecule has 7 heteroatoms. The molecule has 0 heterocycles. The summed E-state index contributed by atoms with van der Waals surface area (Å²) in [6.07, 6.45) is 1.70. The minimum Gasteiger partial charge on any atom is -0.495 e. The third kappa shape index (κ3) is 4.31. The highest BCUT2D eigenvalue weighted by molar-refractivity contribution is 7.89. The summed E-state index contributed by atoms with van der Waals surface area (Å²) in [5.74, 6) is 0.147. The van der Waals surface area contributed by atoms with E-state index in [1.54, 1.807) is 6.07 Å². The predicted molar refractivity (Wildman–Crippen MR) is 104 cm³/mol. The van der Waals surface area contributed by atoms with E-state index >= 15 is 0 Å². The lowest BCUT2D eigenvalue weighted by Gasteiger charge is -2.25. The Bertz CT molecular complexity index is 936. The third-order valence-electron chi connectivity index (χ3n) is 4.69. The van der Waals surface area contributed by atoms with Gasteiger partial charge < -0.3 is 10.1 Å². The van der Waals surface area contributed by atoms with Crippen molar-refractivity contribution in [3.8, 4) is 5.75 Å². The normalized spacial score (nSPS) is 14.6. The van der Waals surface area contributed by atoms with Gasteiger partial charge in [0.15, 0.2) is 0 Å². The van der Waals surface area contributed by atoms with Crippen molar-refractivity contribution in [2.75, 3.05) is 12.4 Å². The number of anilines is 1. The molecular formula is C20H24N2O4S. The van der Waals surface area contributed by atoms with Crippen molar-refractivity contribution in [3.05, 3.63) is 54.1 Å². The van der Waals surface area contributed by atoms with Crippen molar-refractivity contribution >= 4 is 21.6 Å². The standard InChI is InChI=1S/C20H24N2O4S/c1-20(2,14-7-5-4-6-8-14)19(23)21-17-13-16(11-12-18(17)26-3)27(24,25)22-15-9-10-15/h4-8,11-13,15,22H,9-10H2,1-3H3,(H,21,23). The first-order chi connectivity index (χ1) is 12.7. The molecule has 0 radical (unpaired) electrons. The molecule has 27 heavy (non-hydrogen) atoms. The second kappa shape index (κ2) is 7.32. The van der Waals surface area contributed by atoms with Crippen molar-refractivity contribution in [2.24, 2.45) is 0 Å². The number of amides is 1. The van der Waals surface area contributed by atoms with Crippen molar-refractivity contribution in [3.63, 3.8) is 0 Å². The molecule has 0 unspecified atom stereocenters. The molecule has 1 fully saturated rings. The largest absolute Gasteiger partial charge is 0.495 e. The molecule has 0 bridgehead atoms. The van der Waals surface area contributed by atoms with Gasteiger partial charge in [0, 0.05) is 6.04 Å². The Kier molecular flexibility index (Phi) is 5.26. The topological polar surface area (TPSA) is 84.5 Å². The average molecular weight is 388 g/mol. The van der Waals surface area contributed by atoms with Gasteiger partial charge in [0.2, 0.25) is 15.9 Å². The molecule has 0 atom stereocenters. The molecular weight excluding hydrogens is 364 g/mol. The van der Waals surface area contributed by atoms with E-state index in [-0.39, 0.29) is 16.8 Å². The minimum atomic E-state index is -3.62. The first-order valence-corrected chi connectivity index (χ1v) is 10.3. The summed E-state index contributed by atoms with van der Waals surface area (Å²) < 4.78 is 32.9. The zero-order valence-corrected chi connectivity index (χ0v) is 16.5. The molecule has 2 aromatic carbocycles. The maximum absolute atomic E-state index is 12.9. The summed E-state index contributed by atoms with van der Waals surface area (Å²) in [6, 6.07) is 13.9. The van der Waals surface area contributed by atoms with Gasteiger partial charge in [-0.25, -0.2) is 13.1 Å². The van der Waals surface area contributed by atoms with Gasteiger partial charge in [-0.05, 0) is 50.5 Å². The van der Waals surface area contributed by atoms with Crippen LogP contribution < -0.4 is 14.8 Å². The Hall–Kier alpha value is -2.38. The molecule has 6 nitrogen and oxygen atoms in total. The van der Waals surface area contributed by atoms with Crippen molar-refractivity contribution in [2.45, 2.75) is 43.0 Å². The number of rotatable bonds is 7. The Balaban J connectivity index is 1.88. The zero-order chi connectivity index (χ0) is 19.7. The number of hydrogen-bond acceptors (Lipinski definition) is 4. The predicted octanol–water partition coefficient (Wildman–Crippen LogP) is 3.05. The lowest BCUT2D eigenvalue weighted by molar-refractivity contribution is -0.120. The Morgan fingerprint density at radius 2 is 1.78 bits per heavy atom. The maximum Gasteiger partial charge on any atom is 0.240 e. The highest BCUT2D eigenvalue weighted by atomic mass is 32.2. The molecule has 2 aromatic rings. The second-order valence-electron chi connectivity index (χ2n) is 7.20. The van der Waals surface area contributed by atoms with Gasteiger partial charge >= 0.3 is 0 Å². The number of carbonyl (C=O) groups is 1. The molecule has 0 aliphatic heterocycles. The molecule has 0 spiro atoms. The van der Waals surface area contributed by atoms with Crippen molar-refractivity contribution < 1.29 is 17.9 Å². The molecule has 144 valence electrons. The first-order valence-electron chi connectivity index (χ1n) is 8.81. The van der Waals surface area contributed by atoms with Crippen LogP contribution in [-0.4, -0.2) is 27.5 Å². The Morgan fingerprint density at radius 1 is 1.11 bits per heavy atom. The van der Waals surface area contributed by atoms with Crippen LogP contribution in [0.4, 0.5) is 5.69 Å². The number of methoxy groups -OCH3 is 1. The Labute approximate surface area is 160 Å². The smallest absolute Gasteiger partial charge is 0.240 e. The van der Waals surface area contributed by atoms with E-state index in [1.807, 2.05) is 44.2 Å². The van der Waals surface area contributed by atoms with Crippen LogP contribution in [0.5, 0.6) is 5.75 Å². The fraction of sp³-hybridized carbons (Fsp3) is 0.350. The number of ether oxygens (including phenoxy) is 1. The lowest BCUT2D eigenvalue weighted by Crippen LogP contribution is -2.35. The molecule has 0 aromatic heterocycles. The third-order valence-corrected chi connectivity index (χ3v) is 6.21. The fourth-order valence-corrected chi connectivity index (χ4v) is 4.04. The average Bonchev–Trinajstić information content (AvgIpc) is 3.45. The number of benzene rings is 2. The van der Waals surface area contributed by atoms with E-state index in [0.29, 0.717) is 11.4 Å². The van der Waals surface area contributed by atoms with Crippen LogP contribution in [-0.2, 0) is 20.2 Å². The second-order valence-corrected chi connectivity index (χ2v) is 8.92. The monoisotopic (exact) mass is 388 g/mol. The number of carbonyl (C=O) groups excluding carboxylic acids is 1. The summed E-state index contributed by atoms with van der Waals surface area (Å²) in [7, 11) is -2.15. The van der Waals surface area contributed by atoms with E-state index in [9.17, 15) is 13.2 Å². The van der Waals surface area contributed by atoms with Crippen LogP contribution in [0.25, 0.3) is 0 Å². The summed E-state index contributed by atoms with van der Waals surface area (Å²) in [4.78, 5) is 13.0. The maximum atomic E-state index is 12.9. The molecule has 1 amide bonds. The van der Waals surface area contributed by atoms with Gasteiger partial charge in [0.1, 0.15) is 5.75 Å². The van der Waals surface area contributed by atoms with Crippen molar-refractivity contribution in [1.82, 2.24) is 4.72 Å². The molecule has 3 rings (SSSR count). The van der Waals surface area contributed by atoms with Gasteiger partial charge in [-0.3, -0.25) is 4.79 Å². The zero-order valence-electron chi connectivity index (χ0n) is 15.7. The van der Waals surface area contributed by atoms with Crippen molar-refractivity contribution in [1.29, 1.82) is 0 Å².